The van der Waals surface area contributed by atoms with E-state index >= 15 is 0 Å². The lowest BCUT2D eigenvalue weighted by atomic mass is 10.8. The number of imidazole rings is 1. The number of aromatic nitrogens is 4. The van der Waals surface area contributed by atoms with Crippen LogP contribution in [0, 0.1) is 3.70 Å². The Morgan fingerprint density at radius 3 is 2.69 bits per heavy atom. The molecule has 0 N–H and O–H groups in total. The second-order valence-electron chi connectivity index (χ2n) is 2.10. The molecule has 0 atom stereocenters. The van der Waals surface area contributed by atoms with Crippen molar-refractivity contribution in [2.45, 2.75) is 0 Å². The molecule has 0 aliphatic rings. The van der Waals surface area contributed by atoms with Crippen LogP contribution in [0.1, 0.15) is 0 Å². The van der Waals surface area contributed by atoms with Crippen LogP contribution in [0.4, 0.5) is 0 Å². The van der Waals surface area contributed by atoms with Crippen LogP contribution >= 0.6 is 61.7 Å². The van der Waals surface area contributed by atoms with Crippen LogP contribution in [0.25, 0.3) is 5.65 Å². The molecule has 2 rings (SSSR count). The summed E-state index contributed by atoms with van der Waals surface area (Å²) in [6.07, 6.45) is 0. The molecule has 0 saturated heterocycles. The van der Waals surface area contributed by atoms with Crippen molar-refractivity contribution in [1.82, 2.24) is 19.6 Å². The number of hydrogen-bond acceptors (Lipinski definition) is 3. The van der Waals surface area contributed by atoms with Gasteiger partial charge in [-0.1, -0.05) is 11.6 Å². The van der Waals surface area contributed by atoms with E-state index in [1.165, 1.54) is 4.52 Å². The lowest BCUT2D eigenvalue weighted by Crippen LogP contribution is -1.95. The summed E-state index contributed by atoms with van der Waals surface area (Å²) in [5.74, 6) is 0. The van der Waals surface area contributed by atoms with Gasteiger partial charge in [0.1, 0.15) is 8.30 Å². The van der Waals surface area contributed by atoms with Gasteiger partial charge in [-0.3, -0.25) is 0 Å². The van der Waals surface area contributed by atoms with Gasteiger partial charge in [0.05, 0.1) is 0 Å². The topological polar surface area (TPSA) is 43.1 Å². The van der Waals surface area contributed by atoms with E-state index in [4.69, 9.17) is 23.2 Å². The Kier molecular flexibility index (Phi) is 2.65. The molecule has 0 saturated carbocycles. The van der Waals surface area contributed by atoms with E-state index in [-0.39, 0.29) is 10.4 Å². The predicted molar refractivity (Wildman–Crippen MR) is 61.2 cm³/mol. The molecular weight excluding hydrogens is 394 g/mol. The first-order valence-corrected chi connectivity index (χ1v) is 5.65. The van der Waals surface area contributed by atoms with E-state index in [0.717, 1.165) is 3.70 Å². The lowest BCUT2D eigenvalue weighted by Gasteiger charge is -1.95. The van der Waals surface area contributed by atoms with Gasteiger partial charge in [-0.25, -0.2) is 9.97 Å². The summed E-state index contributed by atoms with van der Waals surface area (Å²) in [6.45, 7) is 0. The van der Waals surface area contributed by atoms with E-state index < -0.39 is 0 Å². The van der Waals surface area contributed by atoms with Crippen LogP contribution in [0.3, 0.4) is 0 Å². The number of halogens is 4. The summed E-state index contributed by atoms with van der Waals surface area (Å²) in [6, 6.07) is 0. The van der Waals surface area contributed by atoms with Crippen molar-refractivity contribution in [2.24, 2.45) is 0 Å². The molecule has 13 heavy (non-hydrogen) atoms. The average molecular weight is 394 g/mol. The Hall–Kier alpha value is 0.340. The fourth-order valence-corrected chi connectivity index (χ4v) is 2.03. The van der Waals surface area contributed by atoms with Gasteiger partial charge in [0.25, 0.3) is 0 Å². The minimum absolute atomic E-state index is 0.0898. The highest BCUT2D eigenvalue weighted by molar-refractivity contribution is 14.1. The molecule has 0 spiro atoms. The maximum atomic E-state index is 5.80. The highest BCUT2D eigenvalue weighted by Gasteiger charge is 2.12. The van der Waals surface area contributed by atoms with Gasteiger partial charge in [0.15, 0.2) is 10.8 Å². The lowest BCUT2D eigenvalue weighted by molar-refractivity contribution is 0.881. The monoisotopic (exact) mass is 392 g/mol. The molecular formula is C5BrCl2IN4. The minimum Gasteiger partial charge on any atom is -0.217 e. The van der Waals surface area contributed by atoms with Crippen molar-refractivity contribution in [3.63, 3.8) is 0 Å². The van der Waals surface area contributed by atoms with Crippen LogP contribution in [0.2, 0.25) is 10.4 Å². The van der Waals surface area contributed by atoms with Crippen molar-refractivity contribution in [3.05, 3.63) is 18.7 Å². The largest absolute Gasteiger partial charge is 0.242 e. The van der Waals surface area contributed by atoms with E-state index in [2.05, 4.69) is 53.6 Å². The van der Waals surface area contributed by atoms with Crippen LogP contribution in [-0.2, 0) is 0 Å². The minimum atomic E-state index is 0.0898. The molecule has 0 radical (unpaired) electrons. The zero-order chi connectivity index (χ0) is 9.59. The third kappa shape index (κ3) is 1.64. The van der Waals surface area contributed by atoms with Gasteiger partial charge >= 0.3 is 0 Å². The Bertz CT molecular complexity index is 485. The van der Waals surface area contributed by atoms with Crippen LogP contribution in [-0.4, -0.2) is 19.6 Å². The Balaban J connectivity index is 2.94. The molecule has 0 aliphatic heterocycles. The Morgan fingerprint density at radius 2 is 2.00 bits per heavy atom. The standard InChI is InChI=1S/C5BrCl2IN4/c6-1-3(9)11-4-2(7)10-5(8)12-13(1)4. The second-order valence-corrected chi connectivity index (χ2v) is 4.57. The zero-order valence-corrected chi connectivity index (χ0v) is 11.1. The summed E-state index contributed by atoms with van der Waals surface area (Å²) in [5, 5.41) is 4.26. The summed E-state index contributed by atoms with van der Waals surface area (Å²) < 4.78 is 2.98. The quantitative estimate of drug-likeness (QED) is 0.646. The molecule has 0 bridgehead atoms. The van der Waals surface area contributed by atoms with Gasteiger partial charge in [0, 0.05) is 0 Å². The summed E-state index contributed by atoms with van der Waals surface area (Å²) in [7, 11) is 0. The molecule has 68 valence electrons. The highest BCUT2D eigenvalue weighted by Crippen LogP contribution is 2.23. The maximum Gasteiger partial charge on any atom is 0.242 e. The van der Waals surface area contributed by atoms with Crippen molar-refractivity contribution in [3.8, 4) is 0 Å². The molecule has 2 aromatic rings. The number of hydrogen-bond donors (Lipinski definition) is 0. The first-order chi connectivity index (χ1) is 6.09. The first kappa shape index (κ1) is 9.88. The van der Waals surface area contributed by atoms with Gasteiger partial charge < -0.3 is 0 Å². The van der Waals surface area contributed by atoms with Crippen molar-refractivity contribution >= 4 is 67.4 Å². The normalized spacial score (nSPS) is 11.1. The van der Waals surface area contributed by atoms with Crippen molar-refractivity contribution in [1.29, 1.82) is 0 Å². The van der Waals surface area contributed by atoms with E-state index in [0.29, 0.717) is 10.3 Å². The molecule has 0 unspecified atom stereocenters. The van der Waals surface area contributed by atoms with E-state index in [1.807, 2.05) is 0 Å². The fraction of sp³-hybridized carbons (Fsp3) is 0. The average Bonchev–Trinajstić information content (AvgIpc) is 2.32. The van der Waals surface area contributed by atoms with Crippen molar-refractivity contribution in [2.75, 3.05) is 0 Å². The number of nitrogens with zero attached hydrogens (tertiary/aromatic N) is 4. The Morgan fingerprint density at radius 1 is 1.31 bits per heavy atom. The highest BCUT2D eigenvalue weighted by atomic mass is 127. The number of fused-ring (bicyclic) bond motifs is 1. The van der Waals surface area contributed by atoms with Crippen LogP contribution < -0.4 is 0 Å². The third-order valence-corrected chi connectivity index (χ3v) is 3.94. The van der Waals surface area contributed by atoms with Gasteiger partial charge in [-0.05, 0) is 50.1 Å². The Labute approximate surface area is 105 Å². The molecule has 0 amide bonds. The summed E-state index contributed by atoms with van der Waals surface area (Å²) in [5.41, 5.74) is 0.488. The fourth-order valence-electron chi connectivity index (χ4n) is 0.827. The molecule has 8 heteroatoms. The summed E-state index contributed by atoms with van der Waals surface area (Å²) in [4.78, 5) is 7.91. The maximum absolute atomic E-state index is 5.80. The number of rotatable bonds is 0. The smallest absolute Gasteiger partial charge is 0.217 e. The summed E-state index contributed by atoms with van der Waals surface area (Å²) >= 11 is 16.8. The zero-order valence-electron chi connectivity index (χ0n) is 5.80. The van der Waals surface area contributed by atoms with Gasteiger partial charge in [-0.15, -0.1) is 5.10 Å². The molecule has 0 aromatic carbocycles. The van der Waals surface area contributed by atoms with Crippen LogP contribution in [0.5, 0.6) is 0 Å². The molecule has 2 aromatic heterocycles. The van der Waals surface area contributed by atoms with Gasteiger partial charge in [-0.2, -0.15) is 4.52 Å². The first-order valence-electron chi connectivity index (χ1n) is 3.02. The van der Waals surface area contributed by atoms with Gasteiger partial charge in [0.2, 0.25) is 5.28 Å². The molecule has 2 heterocycles. The predicted octanol–water partition coefficient (Wildman–Crippen LogP) is 2.80. The SMILES string of the molecule is Clc1nc(Cl)c2nc(I)c(Br)n2n1. The van der Waals surface area contributed by atoms with Crippen molar-refractivity contribution < 1.29 is 0 Å². The van der Waals surface area contributed by atoms with E-state index in [9.17, 15) is 0 Å². The van der Waals surface area contributed by atoms with Crippen LogP contribution in [0.15, 0.2) is 4.60 Å². The molecule has 4 nitrogen and oxygen atoms in total. The third-order valence-electron chi connectivity index (χ3n) is 1.32. The molecule has 0 fully saturated rings. The van der Waals surface area contributed by atoms with E-state index in [1.54, 1.807) is 0 Å². The second kappa shape index (κ2) is 3.48. The molecule has 0 aliphatic carbocycles.